The Bertz CT molecular complexity index is 488. The molecule has 0 spiro atoms. The third kappa shape index (κ3) is 1.97. The Morgan fingerprint density at radius 1 is 1.25 bits per heavy atom. The van der Waals surface area contributed by atoms with E-state index in [1.165, 1.54) is 0 Å². The normalized spacial score (nSPS) is 11.0. The minimum atomic E-state index is 0.291. The van der Waals surface area contributed by atoms with Crippen LogP contribution in [0.1, 0.15) is 25.5 Å². The van der Waals surface area contributed by atoms with Crippen LogP contribution in [0.15, 0.2) is 33.3 Å². The summed E-state index contributed by atoms with van der Waals surface area (Å²) in [5, 5.41) is 4.00. The standard InChI is InChI=1S/C12H13BrN2O/c1-7(2)11-10(12(14)16-15-11)8-3-5-9(13)6-4-8/h3-7H,14H2,1-2H3. The molecule has 0 aliphatic rings. The zero-order valence-corrected chi connectivity index (χ0v) is 10.8. The molecule has 0 amide bonds. The number of aromatic nitrogens is 1. The molecule has 0 unspecified atom stereocenters. The summed E-state index contributed by atoms with van der Waals surface area (Å²) < 4.78 is 6.10. The molecule has 1 heterocycles. The van der Waals surface area contributed by atoms with Crippen molar-refractivity contribution in [3.63, 3.8) is 0 Å². The number of halogens is 1. The van der Waals surface area contributed by atoms with Crippen LogP contribution < -0.4 is 5.73 Å². The highest BCUT2D eigenvalue weighted by molar-refractivity contribution is 9.10. The molecule has 2 aromatic rings. The van der Waals surface area contributed by atoms with Crippen LogP contribution >= 0.6 is 15.9 Å². The first-order chi connectivity index (χ1) is 7.59. The van der Waals surface area contributed by atoms with E-state index in [9.17, 15) is 0 Å². The second kappa shape index (κ2) is 4.29. The molecular weight excluding hydrogens is 268 g/mol. The number of nitrogen functional groups attached to an aromatic ring is 1. The zero-order chi connectivity index (χ0) is 11.7. The van der Waals surface area contributed by atoms with Gasteiger partial charge in [-0.1, -0.05) is 47.1 Å². The molecule has 0 saturated heterocycles. The van der Waals surface area contributed by atoms with Gasteiger partial charge in [0.05, 0.1) is 11.3 Å². The Kier molecular flexibility index (Phi) is 3.01. The number of nitrogens with zero attached hydrogens (tertiary/aromatic N) is 1. The molecule has 4 heteroatoms. The largest absolute Gasteiger partial charge is 0.367 e. The third-order valence-corrected chi connectivity index (χ3v) is 2.95. The average molecular weight is 281 g/mol. The van der Waals surface area contributed by atoms with Crippen LogP contribution in [-0.4, -0.2) is 5.16 Å². The summed E-state index contributed by atoms with van der Waals surface area (Å²) in [4.78, 5) is 0. The van der Waals surface area contributed by atoms with Gasteiger partial charge in [0.25, 0.3) is 0 Å². The van der Waals surface area contributed by atoms with Gasteiger partial charge in [-0.3, -0.25) is 0 Å². The van der Waals surface area contributed by atoms with Crippen LogP contribution in [0.25, 0.3) is 11.1 Å². The van der Waals surface area contributed by atoms with Gasteiger partial charge >= 0.3 is 0 Å². The fourth-order valence-electron chi connectivity index (χ4n) is 1.62. The Morgan fingerprint density at radius 2 is 1.88 bits per heavy atom. The summed E-state index contributed by atoms with van der Waals surface area (Å²) in [6.07, 6.45) is 0. The quantitative estimate of drug-likeness (QED) is 0.910. The number of hydrogen-bond donors (Lipinski definition) is 1. The molecule has 0 saturated carbocycles. The molecular formula is C12H13BrN2O. The van der Waals surface area contributed by atoms with Crippen molar-refractivity contribution in [2.75, 3.05) is 5.73 Å². The third-order valence-electron chi connectivity index (χ3n) is 2.42. The van der Waals surface area contributed by atoms with Crippen molar-refractivity contribution >= 4 is 21.8 Å². The Morgan fingerprint density at radius 3 is 2.44 bits per heavy atom. The molecule has 1 aromatic heterocycles. The van der Waals surface area contributed by atoms with Crippen LogP contribution in [0.5, 0.6) is 0 Å². The average Bonchev–Trinajstić information content (AvgIpc) is 2.62. The van der Waals surface area contributed by atoms with Gasteiger partial charge in [-0.05, 0) is 23.6 Å². The maximum atomic E-state index is 5.81. The van der Waals surface area contributed by atoms with E-state index in [-0.39, 0.29) is 0 Å². The van der Waals surface area contributed by atoms with E-state index >= 15 is 0 Å². The Labute approximate surface area is 103 Å². The highest BCUT2D eigenvalue weighted by Crippen LogP contribution is 2.34. The molecule has 3 nitrogen and oxygen atoms in total. The molecule has 2 N–H and O–H groups in total. The molecule has 0 radical (unpaired) electrons. The van der Waals surface area contributed by atoms with Crippen molar-refractivity contribution in [2.24, 2.45) is 0 Å². The second-order valence-electron chi connectivity index (χ2n) is 3.97. The van der Waals surface area contributed by atoms with E-state index in [2.05, 4.69) is 34.9 Å². The lowest BCUT2D eigenvalue weighted by atomic mass is 9.99. The molecule has 0 aliphatic heterocycles. The summed E-state index contributed by atoms with van der Waals surface area (Å²) in [6.45, 7) is 4.14. The SMILES string of the molecule is CC(C)c1noc(N)c1-c1ccc(Br)cc1. The smallest absolute Gasteiger partial charge is 0.230 e. The molecule has 0 aliphatic carbocycles. The van der Waals surface area contributed by atoms with E-state index in [1.807, 2.05) is 24.3 Å². The van der Waals surface area contributed by atoms with E-state index in [0.717, 1.165) is 21.3 Å². The highest BCUT2D eigenvalue weighted by Gasteiger charge is 2.17. The number of hydrogen-bond acceptors (Lipinski definition) is 3. The maximum absolute atomic E-state index is 5.81. The molecule has 16 heavy (non-hydrogen) atoms. The highest BCUT2D eigenvalue weighted by atomic mass is 79.9. The summed E-state index contributed by atoms with van der Waals surface area (Å²) in [5.41, 5.74) is 8.65. The molecule has 84 valence electrons. The topological polar surface area (TPSA) is 52.0 Å². The van der Waals surface area contributed by atoms with Gasteiger partial charge in [0, 0.05) is 4.47 Å². The van der Waals surface area contributed by atoms with Gasteiger partial charge in [-0.25, -0.2) is 0 Å². The maximum Gasteiger partial charge on any atom is 0.230 e. The zero-order valence-electron chi connectivity index (χ0n) is 9.20. The number of benzene rings is 1. The van der Waals surface area contributed by atoms with Crippen LogP contribution in [0.2, 0.25) is 0 Å². The lowest BCUT2D eigenvalue weighted by molar-refractivity contribution is 0.424. The first kappa shape index (κ1) is 11.2. The van der Waals surface area contributed by atoms with Gasteiger partial charge in [-0.2, -0.15) is 0 Å². The molecule has 0 bridgehead atoms. The molecule has 0 fully saturated rings. The summed E-state index contributed by atoms with van der Waals surface area (Å²) >= 11 is 3.40. The van der Waals surface area contributed by atoms with E-state index in [0.29, 0.717) is 11.8 Å². The van der Waals surface area contributed by atoms with Gasteiger partial charge in [0.15, 0.2) is 0 Å². The number of rotatable bonds is 2. The van der Waals surface area contributed by atoms with Crippen molar-refractivity contribution in [3.05, 3.63) is 34.4 Å². The van der Waals surface area contributed by atoms with Gasteiger partial charge in [0.2, 0.25) is 5.88 Å². The van der Waals surface area contributed by atoms with E-state index < -0.39 is 0 Å². The summed E-state index contributed by atoms with van der Waals surface area (Å²) in [5.74, 6) is 0.672. The summed E-state index contributed by atoms with van der Waals surface area (Å²) in [6, 6.07) is 7.95. The molecule has 1 aromatic carbocycles. The minimum absolute atomic E-state index is 0.291. The van der Waals surface area contributed by atoms with Crippen LogP contribution in [-0.2, 0) is 0 Å². The van der Waals surface area contributed by atoms with Gasteiger partial charge < -0.3 is 10.3 Å². The van der Waals surface area contributed by atoms with Crippen molar-refractivity contribution in [3.8, 4) is 11.1 Å². The molecule has 0 atom stereocenters. The number of anilines is 1. The first-order valence-electron chi connectivity index (χ1n) is 5.10. The van der Waals surface area contributed by atoms with Gasteiger partial charge in [0.1, 0.15) is 0 Å². The fraction of sp³-hybridized carbons (Fsp3) is 0.250. The predicted octanol–water partition coefficient (Wildman–Crippen LogP) is 3.81. The monoisotopic (exact) mass is 280 g/mol. The Hall–Kier alpha value is -1.29. The van der Waals surface area contributed by atoms with Crippen molar-refractivity contribution in [2.45, 2.75) is 19.8 Å². The molecule has 2 rings (SSSR count). The van der Waals surface area contributed by atoms with Crippen molar-refractivity contribution < 1.29 is 4.52 Å². The van der Waals surface area contributed by atoms with E-state index in [1.54, 1.807) is 0 Å². The van der Waals surface area contributed by atoms with Crippen molar-refractivity contribution in [1.82, 2.24) is 5.16 Å². The fourth-order valence-corrected chi connectivity index (χ4v) is 1.88. The lowest BCUT2D eigenvalue weighted by Crippen LogP contribution is -1.92. The minimum Gasteiger partial charge on any atom is -0.367 e. The van der Waals surface area contributed by atoms with Crippen LogP contribution in [0, 0.1) is 0 Å². The Balaban J connectivity index is 2.54. The van der Waals surface area contributed by atoms with Gasteiger partial charge in [-0.15, -0.1) is 0 Å². The van der Waals surface area contributed by atoms with Crippen LogP contribution in [0.4, 0.5) is 5.88 Å². The van der Waals surface area contributed by atoms with Crippen molar-refractivity contribution in [1.29, 1.82) is 0 Å². The van der Waals surface area contributed by atoms with E-state index in [4.69, 9.17) is 10.3 Å². The first-order valence-corrected chi connectivity index (χ1v) is 5.90. The lowest BCUT2D eigenvalue weighted by Gasteiger charge is -2.04. The predicted molar refractivity (Wildman–Crippen MR) is 68.1 cm³/mol. The van der Waals surface area contributed by atoms with Crippen LogP contribution in [0.3, 0.4) is 0 Å². The second-order valence-corrected chi connectivity index (χ2v) is 4.88. The number of nitrogens with two attached hydrogens (primary N) is 1. The summed E-state index contributed by atoms with van der Waals surface area (Å²) in [7, 11) is 0.